The summed E-state index contributed by atoms with van der Waals surface area (Å²) in [6.45, 7) is 5.20. The lowest BCUT2D eigenvalue weighted by Gasteiger charge is -2.47. The summed E-state index contributed by atoms with van der Waals surface area (Å²) in [6, 6.07) is 16.8. The van der Waals surface area contributed by atoms with Crippen molar-refractivity contribution in [2.45, 2.75) is 49.5 Å². The monoisotopic (exact) mass is 882 g/mol. The van der Waals surface area contributed by atoms with E-state index in [1.807, 2.05) is 18.2 Å². The number of H-pyrrole nitrogens is 1. The predicted molar refractivity (Wildman–Crippen MR) is 234 cm³/mol. The molecular weight excluding hydrogens is 836 g/mol. The largest absolute Gasteiger partial charge is 0.455 e. The Hall–Kier alpha value is -5.59. The number of sulfonamides is 1. The highest BCUT2D eigenvalue weighted by atomic mass is 35.5. The third kappa shape index (κ3) is 9.13. The zero-order valence-electron chi connectivity index (χ0n) is 34.0. The molecule has 3 N–H and O–H groups in total. The molecule has 16 nitrogen and oxygen atoms in total. The number of nitro benzene ring substituents is 1. The van der Waals surface area contributed by atoms with Crippen LogP contribution in [0.1, 0.15) is 54.4 Å². The fourth-order valence-electron chi connectivity index (χ4n) is 8.85. The third-order valence-corrected chi connectivity index (χ3v) is 14.0. The maximum atomic E-state index is 13.9. The van der Waals surface area contributed by atoms with Crippen molar-refractivity contribution >= 4 is 61.3 Å². The highest BCUT2D eigenvalue weighted by Crippen LogP contribution is 2.55. The Labute approximate surface area is 363 Å². The van der Waals surface area contributed by atoms with Gasteiger partial charge in [-0.15, -0.1) is 0 Å². The average Bonchev–Trinajstić information content (AvgIpc) is 3.74. The van der Waals surface area contributed by atoms with E-state index in [4.69, 9.17) is 25.8 Å². The number of allylic oxidation sites excluding steroid dienone is 1. The van der Waals surface area contributed by atoms with Crippen LogP contribution in [0, 0.1) is 15.5 Å². The smallest absolute Gasteiger partial charge is 0.293 e. The Morgan fingerprint density at radius 2 is 1.84 bits per heavy atom. The number of ether oxygens (including phenoxy) is 3. The van der Waals surface area contributed by atoms with Gasteiger partial charge in [0, 0.05) is 74.2 Å². The lowest BCUT2D eigenvalue weighted by molar-refractivity contribution is -0.384. The number of carbonyl (C=O) groups is 1. The van der Waals surface area contributed by atoms with Crippen molar-refractivity contribution in [1.29, 1.82) is 0 Å². The number of halogens is 1. The highest BCUT2D eigenvalue weighted by molar-refractivity contribution is 7.90. The van der Waals surface area contributed by atoms with E-state index in [0.717, 1.165) is 49.0 Å². The maximum absolute atomic E-state index is 13.9. The van der Waals surface area contributed by atoms with Crippen molar-refractivity contribution in [3.63, 3.8) is 0 Å². The van der Waals surface area contributed by atoms with Gasteiger partial charge in [0.05, 0.1) is 41.9 Å². The van der Waals surface area contributed by atoms with E-state index >= 15 is 0 Å². The number of hydrogen-bond acceptors (Lipinski definition) is 13. The van der Waals surface area contributed by atoms with Crippen LogP contribution in [0.5, 0.6) is 11.5 Å². The number of carbonyl (C=O) groups excluding carboxylic acids is 1. The van der Waals surface area contributed by atoms with Gasteiger partial charge < -0.3 is 29.4 Å². The summed E-state index contributed by atoms with van der Waals surface area (Å²) in [5.41, 5.74) is 4.75. The van der Waals surface area contributed by atoms with Gasteiger partial charge in [-0.25, -0.2) is 23.1 Å². The first-order valence-electron chi connectivity index (χ1n) is 20.8. The lowest BCUT2D eigenvalue weighted by Crippen LogP contribution is -2.47. The second-order valence-electron chi connectivity index (χ2n) is 16.4. The molecule has 1 spiro atoms. The molecule has 9 rings (SSSR count). The number of pyridine rings is 2. The third-order valence-electron chi connectivity index (χ3n) is 12.5. The second kappa shape index (κ2) is 17.6. The van der Waals surface area contributed by atoms with Gasteiger partial charge in [0.2, 0.25) is 0 Å². The number of amides is 1. The number of anilines is 2. The van der Waals surface area contributed by atoms with Crippen LogP contribution in [0.2, 0.25) is 5.02 Å². The minimum atomic E-state index is -4.61. The quantitative estimate of drug-likeness (QED) is 0.0796. The van der Waals surface area contributed by atoms with Crippen LogP contribution in [0.4, 0.5) is 17.2 Å². The van der Waals surface area contributed by atoms with Crippen molar-refractivity contribution < 1.29 is 32.3 Å². The summed E-state index contributed by atoms with van der Waals surface area (Å²) in [7, 11) is -4.61. The summed E-state index contributed by atoms with van der Waals surface area (Å²) in [5.74, 6) is -0.0870. The number of nitrogens with one attached hydrogen (secondary N) is 3. The van der Waals surface area contributed by atoms with Gasteiger partial charge >= 0.3 is 0 Å². The summed E-state index contributed by atoms with van der Waals surface area (Å²) < 4.78 is 46.6. The topological polar surface area (TPSA) is 194 Å². The van der Waals surface area contributed by atoms with Crippen LogP contribution >= 0.6 is 11.6 Å². The molecule has 18 heteroatoms. The van der Waals surface area contributed by atoms with Crippen LogP contribution in [0.3, 0.4) is 0 Å². The minimum Gasteiger partial charge on any atom is -0.455 e. The van der Waals surface area contributed by atoms with E-state index < -0.39 is 31.4 Å². The van der Waals surface area contributed by atoms with E-state index in [0.29, 0.717) is 55.5 Å². The average molecular weight is 883 g/mol. The van der Waals surface area contributed by atoms with Crippen LogP contribution in [0.25, 0.3) is 16.6 Å². The van der Waals surface area contributed by atoms with E-state index in [1.165, 1.54) is 66.9 Å². The van der Waals surface area contributed by atoms with Crippen molar-refractivity contribution in [2.75, 3.05) is 69.3 Å². The number of nitro groups is 1. The molecule has 3 aromatic heterocycles. The molecule has 2 saturated heterocycles. The van der Waals surface area contributed by atoms with Gasteiger partial charge in [0.1, 0.15) is 34.2 Å². The molecule has 2 aliphatic carbocycles. The number of fused-ring (bicyclic) bond motifs is 1. The minimum absolute atomic E-state index is 0.0612. The molecule has 5 aromatic rings. The Bertz CT molecular complexity index is 2620. The first kappa shape index (κ1) is 41.7. The Balaban J connectivity index is 0.926. The van der Waals surface area contributed by atoms with E-state index in [2.05, 4.69) is 46.9 Å². The van der Waals surface area contributed by atoms with Gasteiger partial charge in [-0.05, 0) is 85.1 Å². The fourth-order valence-corrected chi connectivity index (χ4v) is 9.96. The molecule has 324 valence electrons. The molecule has 0 bridgehead atoms. The van der Waals surface area contributed by atoms with Gasteiger partial charge in [0.25, 0.3) is 21.6 Å². The Morgan fingerprint density at radius 1 is 1.02 bits per heavy atom. The summed E-state index contributed by atoms with van der Waals surface area (Å²) >= 11 is 6.27. The van der Waals surface area contributed by atoms with Gasteiger partial charge in [-0.3, -0.25) is 19.8 Å². The SMILES string of the molecule is O=C(NS(=O)(=O)c1ccc(NC[C@H]2COCCO2)c([N+](=O)[O-])c1)c1cnc(N2CCN(CC3=C(c4ccc(Cl)cc4)CC4(CCC4)CC3)CC2)cc1Oc1cnc2[nH]ccc2c1. The maximum Gasteiger partial charge on any atom is 0.293 e. The van der Waals surface area contributed by atoms with Crippen molar-refractivity contribution in [2.24, 2.45) is 5.41 Å². The molecule has 3 fully saturated rings. The Morgan fingerprint density at radius 3 is 2.58 bits per heavy atom. The van der Waals surface area contributed by atoms with Crippen LogP contribution in [-0.2, 0) is 19.5 Å². The number of nitrogens with zero attached hydrogens (tertiary/aromatic N) is 5. The molecule has 0 radical (unpaired) electrons. The summed E-state index contributed by atoms with van der Waals surface area (Å²) in [5, 5.41) is 16.5. The van der Waals surface area contributed by atoms with Gasteiger partial charge in [0.15, 0.2) is 0 Å². The van der Waals surface area contributed by atoms with Gasteiger partial charge in [-0.1, -0.05) is 35.7 Å². The molecule has 1 amide bonds. The summed E-state index contributed by atoms with van der Waals surface area (Å²) in [4.78, 5) is 41.4. The molecule has 1 saturated carbocycles. The fraction of sp³-hybridized carbons (Fsp3) is 0.386. The van der Waals surface area contributed by atoms with Crippen molar-refractivity contribution in [3.05, 3.63) is 111 Å². The number of piperazine rings is 1. The second-order valence-corrected chi connectivity index (χ2v) is 18.5. The zero-order chi connectivity index (χ0) is 42.8. The Kier molecular flexibility index (Phi) is 11.9. The molecule has 2 aliphatic heterocycles. The van der Waals surface area contributed by atoms with Crippen LogP contribution in [-0.4, -0.2) is 104 Å². The first-order chi connectivity index (χ1) is 30.0. The number of hydrogen-bond donors (Lipinski definition) is 3. The number of benzene rings is 2. The molecular formula is C44H47ClN8O8S. The first-order valence-corrected chi connectivity index (χ1v) is 22.7. The molecule has 1 atom stereocenters. The van der Waals surface area contributed by atoms with E-state index in [1.54, 1.807) is 18.3 Å². The van der Waals surface area contributed by atoms with E-state index in [9.17, 15) is 23.3 Å². The van der Waals surface area contributed by atoms with E-state index in [-0.39, 0.29) is 29.6 Å². The predicted octanol–water partition coefficient (Wildman–Crippen LogP) is 7.19. The normalized spacial score (nSPS) is 19.3. The molecule has 2 aromatic carbocycles. The number of aromatic nitrogens is 3. The lowest BCUT2D eigenvalue weighted by atomic mass is 9.59. The standard InChI is InChI=1S/C44H47ClN8O8S/c45-32-4-2-29(3-5-32)36-23-44(10-1-11-44)12-8-31(36)27-51-14-16-52(17-15-51)41-22-40(61-33-20-30-9-13-46-42(30)49-24-33)37(26-48-41)43(54)50-62(57,58)35-6-7-38(39(21-35)53(55)56)47-25-34-28-59-18-19-60-34/h2-7,9,13,20-22,24,26,34,47H,1,8,10-12,14-19,23,25,27-28H2,(H,46,49)(H,50,54)/t34-/m0/s1. The molecule has 62 heavy (non-hydrogen) atoms. The zero-order valence-corrected chi connectivity index (χ0v) is 35.6. The summed E-state index contributed by atoms with van der Waals surface area (Å²) in [6.07, 6.45) is 11.6. The van der Waals surface area contributed by atoms with Crippen molar-refractivity contribution in [3.8, 4) is 11.5 Å². The van der Waals surface area contributed by atoms with Crippen LogP contribution < -0.4 is 19.7 Å². The van der Waals surface area contributed by atoms with Crippen molar-refractivity contribution in [1.82, 2.24) is 24.6 Å². The highest BCUT2D eigenvalue weighted by Gasteiger charge is 2.41. The molecule has 5 heterocycles. The van der Waals surface area contributed by atoms with Crippen LogP contribution in [0.15, 0.2) is 89.7 Å². The number of aromatic amines is 1. The molecule has 0 unspecified atom stereocenters. The number of rotatable bonds is 13. The molecule has 4 aliphatic rings. The van der Waals surface area contributed by atoms with Gasteiger partial charge in [-0.2, -0.15) is 0 Å².